The van der Waals surface area contributed by atoms with Gasteiger partial charge in [-0.3, -0.25) is 0 Å². The van der Waals surface area contributed by atoms with E-state index in [4.69, 9.17) is 25.9 Å². The van der Waals surface area contributed by atoms with E-state index < -0.39 is 0 Å². The molecule has 3 aromatic heterocycles. The summed E-state index contributed by atoms with van der Waals surface area (Å²) in [5.74, 6) is 0.866. The minimum atomic E-state index is -0.0468. The van der Waals surface area contributed by atoms with Crippen molar-refractivity contribution in [3.63, 3.8) is 0 Å². The SMILES string of the molecule is Cc1ccc2[nH+]c(-c3ccccc3[O-])oc2c1.N#Cc1cccc([NH+]=Cc2ccccc2[O-])c1.N#Cc1ccccc1[NH+]=Cc1ccccc1[O-].[C-]#[N+]c1ccc([NH+]=Cc2ccccc2[O-])cc1.[Li-].[Li-].[Li-].[Li-].[Li-].[Li-].[Li-].[Li-].[O-]c1c(-c2[nH+]c3ccccc3o2)ccc2ccccc12.[O-]c1ccccc1C=[NH+]c1nccs1.[O-]c1ccccc1[NH+]=Cc1ccc(-c2ccccc2)cc1.[O-]c1ccccc1[NH+]=Cc1cccc2ccccc12. The summed E-state index contributed by atoms with van der Waals surface area (Å²) >= 11 is 1.49. The van der Waals surface area contributed by atoms with E-state index in [-0.39, 0.29) is 197 Å². The number of rotatable bonds is 15. The van der Waals surface area contributed by atoms with Crippen LogP contribution in [0.15, 0.2) is 439 Å². The molecule has 0 fully saturated rings. The second-order valence-corrected chi connectivity index (χ2v) is 31.9. The standard InChI is InChI=1S/C19H15NO.C17H11NO2.C17H13NO.3C14H10N2O.C14H11NO2.C10H8N2OS.8Li/c21-19-9-5-4-8-18(19)20-14-15-10-12-17(13-11-15)16-6-2-1-3-7-16;19-16-12-6-2-1-5-11(12)9-10-13(16)17-18-14-7-3-4-8-15(14)20-17;19-17-11-4-3-10-16(17)18-12-14-8-5-7-13-6-1-2-9-15(13)14;1-15-12-6-8-13(9-7-12)16-10-11-4-2-3-5-14(11)17;15-9-11-5-1-3-7-13(11)16-10-12-6-2-4-8-14(12)17;15-9-11-4-3-6-13(8-11)16-10-12-5-1-2-7-14(12)17;1-9-6-7-11-13(8-9)17-14(15-11)10-4-2-3-5-12(10)16;13-9-4-2-1-3-8(9)7-12-10-11-5-6-14-10;;;;;;;;/h1-14,21H;1-10,19H;1-12,19H;2-10,17H;2*1-8,10,17H;2-8,16H,1H3;1-7,13H;;;;;;;;/q;;;;;;;;8*-1. The van der Waals surface area contributed by atoms with Gasteiger partial charge in [-0.15, -0.1) is 0 Å². The molecule has 0 aliphatic rings. The summed E-state index contributed by atoms with van der Waals surface area (Å²) in [6, 6.07) is 131. The molecule has 3 heterocycles. The minimum Gasteiger partial charge on any atom is -1.00 e. The Hall–Kier alpha value is -15.3. The molecule has 0 bridgehead atoms. The Bertz CT molecular complexity index is 8170. The van der Waals surface area contributed by atoms with Crippen molar-refractivity contribution >= 4 is 283 Å². The van der Waals surface area contributed by atoms with Crippen LogP contribution in [0.4, 0.5) is 39.3 Å². The van der Waals surface area contributed by atoms with Gasteiger partial charge < -0.3 is 201 Å². The van der Waals surface area contributed by atoms with E-state index in [2.05, 4.69) is 104 Å². The van der Waals surface area contributed by atoms with Crippen LogP contribution in [0.1, 0.15) is 50.1 Å². The molecule has 31 heteroatoms. The number of nitrogens with zero attached hydrogens (tertiary/aromatic N) is 4. The third-order valence-electron chi connectivity index (χ3n) is 21.3. The summed E-state index contributed by atoms with van der Waals surface area (Å²) in [5, 5.41) is 117. The molecule has 22 nitrogen and oxygen atoms in total. The Morgan fingerprint density at radius 2 is 0.767 bits per heavy atom. The summed E-state index contributed by atoms with van der Waals surface area (Å²) in [6.07, 6.45) is 12.0. The number of hydrogen-bond donors (Lipinski definition) is 6. The predicted octanol–water partition coefficient (Wildman–Crippen LogP) is 8.51. The van der Waals surface area contributed by atoms with Gasteiger partial charge in [0.1, 0.15) is 11.6 Å². The number of H-pyrrole nitrogens is 2. The van der Waals surface area contributed by atoms with Crippen LogP contribution in [-0.4, -0.2) is 193 Å². The van der Waals surface area contributed by atoms with Crippen molar-refractivity contribution in [2.24, 2.45) is 0 Å². The first kappa shape index (κ1) is 123. The van der Waals surface area contributed by atoms with Crippen LogP contribution < -0.4 is 80.8 Å². The van der Waals surface area contributed by atoms with Crippen LogP contribution in [0.2, 0.25) is 0 Å². The van der Waals surface area contributed by atoms with Gasteiger partial charge in [-0.1, -0.05) is 325 Å². The molecule has 0 spiro atoms. The van der Waals surface area contributed by atoms with E-state index in [1.807, 2.05) is 195 Å². The first-order chi connectivity index (χ1) is 69.5. The molecule has 21 rings (SSSR count). The van der Waals surface area contributed by atoms with E-state index in [9.17, 15) is 40.9 Å². The maximum Gasteiger partial charge on any atom is 0.379 e. The molecule has 0 aliphatic carbocycles. The number of nitriles is 2. The second-order valence-electron chi connectivity index (χ2n) is 31.0. The van der Waals surface area contributed by atoms with Gasteiger partial charge in [0.05, 0.1) is 35.5 Å². The molecule has 16 radical (unpaired) electrons. The monoisotopic (exact) mass is 1930 g/mol. The van der Waals surface area contributed by atoms with E-state index in [0.717, 1.165) is 60.8 Å². The number of benzene rings is 18. The number of nitrogens with one attached hydrogen (secondary N) is 8. The van der Waals surface area contributed by atoms with Crippen LogP contribution in [0.25, 0.3) is 82.6 Å². The fourth-order valence-electron chi connectivity index (χ4n) is 13.9. The Labute approximate surface area is 968 Å². The number of oxazole rings is 2. The van der Waals surface area contributed by atoms with Gasteiger partial charge in [-0.25, -0.2) is 34.8 Å². The van der Waals surface area contributed by atoms with Crippen molar-refractivity contribution < 1.29 is 89.6 Å². The molecule has 18 aromatic carbocycles. The van der Waals surface area contributed by atoms with Crippen LogP contribution >= 0.6 is 11.3 Å². The Balaban J connectivity index is 0.000000260. The zero-order valence-electron chi connectivity index (χ0n) is 84.2. The maximum atomic E-state index is 12.5. The molecule has 0 saturated carbocycles. The quantitative estimate of drug-likeness (QED) is 0.0319. The maximum absolute atomic E-state index is 12.5. The average Bonchev–Trinajstić information content (AvgIpc) is 1.55. The van der Waals surface area contributed by atoms with Crippen LogP contribution in [-0.2, 0) is 0 Å². The summed E-state index contributed by atoms with van der Waals surface area (Å²) in [6.45, 7) is 8.84. The number of fused-ring (bicyclic) bond motifs is 4. The fraction of sp³-hybridized carbons (Fsp3) is 0.00840. The van der Waals surface area contributed by atoms with Crippen molar-refractivity contribution in [3.8, 4) is 92.2 Å². The Kier molecular flexibility index (Phi) is 53.3. The van der Waals surface area contributed by atoms with Gasteiger partial charge in [0.25, 0.3) is 0 Å². The van der Waals surface area contributed by atoms with Crippen molar-refractivity contribution in [2.45, 2.75) is 6.92 Å². The number of thiazole rings is 1. The van der Waals surface area contributed by atoms with Crippen LogP contribution in [0, 0.1) is 36.2 Å². The Morgan fingerprint density at radius 1 is 0.333 bits per heavy atom. The average molecular weight is 1930 g/mol. The third-order valence-corrected chi connectivity index (χ3v) is 22.0. The van der Waals surface area contributed by atoms with Gasteiger partial charge in [-0.2, -0.15) is 20.5 Å². The fourth-order valence-corrected chi connectivity index (χ4v) is 14.4. The summed E-state index contributed by atoms with van der Waals surface area (Å²) < 4.78 is 11.4. The molecule has 0 aliphatic heterocycles. The zero-order valence-corrected chi connectivity index (χ0v) is 85.1. The number of aryl methyl sites for hydroxylation is 1. The van der Waals surface area contributed by atoms with E-state index in [0.29, 0.717) is 84.4 Å². The first-order valence-corrected chi connectivity index (χ1v) is 45.3. The third kappa shape index (κ3) is 36.6. The number of aromatic amines is 2. The van der Waals surface area contributed by atoms with Gasteiger partial charge in [0.2, 0.25) is 39.3 Å². The largest absolute Gasteiger partial charge is 1.00 e. The zero-order chi connectivity index (χ0) is 99.0. The molecular weight excluding hydrogens is 1840 g/mol. The number of hydrogen-bond acceptors (Lipinski definition) is 14. The molecule has 150 heavy (non-hydrogen) atoms. The first-order valence-electron chi connectivity index (χ1n) is 44.4. The number of aromatic nitrogens is 3. The second kappa shape index (κ2) is 64.8. The minimum absolute atomic E-state index is 0. The van der Waals surface area contributed by atoms with Crippen molar-refractivity contribution in [2.75, 3.05) is 0 Å². The van der Waals surface area contributed by atoms with Gasteiger partial charge in [0.15, 0.2) is 54.3 Å². The van der Waals surface area contributed by atoms with E-state index in [1.165, 1.54) is 63.6 Å². The van der Waals surface area contributed by atoms with E-state index in [1.54, 1.807) is 207 Å². The molecule has 8 N–H and O–H groups in total. The van der Waals surface area contributed by atoms with Crippen LogP contribution in [0.3, 0.4) is 0 Å². The van der Waals surface area contributed by atoms with Crippen molar-refractivity contribution in [1.29, 1.82) is 10.5 Å². The molecule has 0 amide bonds. The topological polar surface area (TPSA) is 388 Å². The van der Waals surface area contributed by atoms with Crippen molar-refractivity contribution in [3.05, 3.63) is 492 Å². The molecular formula is C119H88Li8N12O10S-8. The summed E-state index contributed by atoms with van der Waals surface area (Å²) in [5.41, 5.74) is 17.7. The summed E-state index contributed by atoms with van der Waals surface area (Å²) in [4.78, 5) is 31.7. The van der Waals surface area contributed by atoms with Crippen LogP contribution in [0.5, 0.6) is 46.0 Å². The summed E-state index contributed by atoms with van der Waals surface area (Å²) in [7, 11) is 0. The molecule has 0 saturated heterocycles. The Morgan fingerprint density at radius 3 is 1.32 bits per heavy atom. The molecule has 706 valence electrons. The normalized spacial score (nSPS) is 10.2. The van der Waals surface area contributed by atoms with Crippen molar-refractivity contribution in [1.82, 2.24) is 4.98 Å². The van der Waals surface area contributed by atoms with E-state index >= 15 is 0 Å². The molecule has 0 unspecified atom stereocenters. The number of para-hydroxylation sites is 12. The predicted molar refractivity (Wildman–Crippen MR) is 587 cm³/mol. The smallest absolute Gasteiger partial charge is 0.379 e. The molecule has 21 aromatic rings. The molecule has 0 atom stereocenters. The van der Waals surface area contributed by atoms with Gasteiger partial charge in [-0.05, 0) is 159 Å². The van der Waals surface area contributed by atoms with Gasteiger partial charge in [0, 0.05) is 81.2 Å². The van der Waals surface area contributed by atoms with Gasteiger partial charge >= 0.3 is 16.9 Å².